The molecule has 0 aliphatic carbocycles. The lowest BCUT2D eigenvalue weighted by Crippen LogP contribution is -2.08. The number of imidazole rings is 1. The molecular weight excluding hydrogens is 402 g/mol. The number of hydrogen-bond acceptors (Lipinski definition) is 6. The van der Waals surface area contributed by atoms with Gasteiger partial charge in [0.1, 0.15) is 17.4 Å². The highest BCUT2D eigenvalue weighted by Crippen LogP contribution is 2.27. The molecule has 3 aromatic heterocycles. The lowest BCUT2D eigenvalue weighted by molar-refractivity contribution is 0.415. The van der Waals surface area contributed by atoms with E-state index in [9.17, 15) is 0 Å². The molecule has 0 unspecified atom stereocenters. The molecule has 3 heterocycles. The van der Waals surface area contributed by atoms with Crippen LogP contribution in [-0.4, -0.2) is 32.0 Å². The van der Waals surface area contributed by atoms with Crippen molar-refractivity contribution in [2.45, 2.75) is 26.7 Å². The summed E-state index contributed by atoms with van der Waals surface area (Å²) in [4.78, 5) is 20.0. The first-order chi connectivity index (χ1) is 15.5. The predicted molar refractivity (Wildman–Crippen MR) is 128 cm³/mol. The third kappa shape index (κ3) is 3.71. The highest BCUT2D eigenvalue weighted by atomic mass is 16.5. The fourth-order valence-electron chi connectivity index (χ4n) is 4.04. The van der Waals surface area contributed by atoms with E-state index in [-0.39, 0.29) is 5.95 Å². The number of rotatable bonds is 6. The molecule has 5 N–H and O–H groups in total. The highest BCUT2D eigenvalue weighted by Gasteiger charge is 2.13. The van der Waals surface area contributed by atoms with Crippen molar-refractivity contribution in [1.82, 2.24) is 24.9 Å². The summed E-state index contributed by atoms with van der Waals surface area (Å²) >= 11 is 0. The van der Waals surface area contributed by atoms with Crippen molar-refractivity contribution in [1.29, 1.82) is 0 Å². The summed E-state index contributed by atoms with van der Waals surface area (Å²) in [5.74, 6) is 2.69. The van der Waals surface area contributed by atoms with Crippen LogP contribution in [0.4, 0.5) is 17.5 Å². The predicted octanol–water partition coefficient (Wildman–Crippen LogP) is 4.57. The first-order valence-electron chi connectivity index (χ1n) is 10.5. The van der Waals surface area contributed by atoms with Crippen LogP contribution in [-0.2, 0) is 12.8 Å². The van der Waals surface area contributed by atoms with Gasteiger partial charge in [0.2, 0.25) is 5.95 Å². The van der Waals surface area contributed by atoms with Crippen LogP contribution in [0.2, 0.25) is 0 Å². The van der Waals surface area contributed by atoms with Gasteiger partial charge in [0.25, 0.3) is 0 Å². The van der Waals surface area contributed by atoms with Crippen molar-refractivity contribution in [3.8, 4) is 5.75 Å². The third-order valence-corrected chi connectivity index (χ3v) is 5.73. The van der Waals surface area contributed by atoms with Crippen molar-refractivity contribution in [3.05, 3.63) is 65.2 Å². The second kappa shape index (κ2) is 7.88. The number of ether oxygens (including phenoxy) is 1. The summed E-state index contributed by atoms with van der Waals surface area (Å²) in [6, 6.07) is 12.0. The van der Waals surface area contributed by atoms with Crippen molar-refractivity contribution in [2.75, 3.05) is 18.2 Å². The van der Waals surface area contributed by atoms with Gasteiger partial charge in [0.15, 0.2) is 0 Å². The van der Waals surface area contributed by atoms with Crippen LogP contribution in [0.15, 0.2) is 42.6 Å². The lowest BCUT2D eigenvalue weighted by atomic mass is 10.0. The van der Waals surface area contributed by atoms with E-state index in [1.807, 2.05) is 50.4 Å². The van der Waals surface area contributed by atoms with Crippen molar-refractivity contribution >= 4 is 39.4 Å². The number of aromatic nitrogens is 5. The SMILES string of the molecule is COc1ccc2[nH]cc(CCc3nc(N)nc(Nc4ccc5[nH]c(C)nc5c4)c3C)c2c1. The third-order valence-electron chi connectivity index (χ3n) is 5.73. The van der Waals surface area contributed by atoms with Gasteiger partial charge < -0.3 is 25.8 Å². The minimum atomic E-state index is 0.255. The Balaban J connectivity index is 1.40. The molecule has 0 bridgehead atoms. The van der Waals surface area contributed by atoms with Gasteiger partial charge in [-0.3, -0.25) is 0 Å². The molecule has 0 amide bonds. The van der Waals surface area contributed by atoms with Crippen molar-refractivity contribution in [2.24, 2.45) is 0 Å². The molecule has 5 aromatic rings. The number of anilines is 3. The van der Waals surface area contributed by atoms with Gasteiger partial charge in [-0.1, -0.05) is 0 Å². The maximum Gasteiger partial charge on any atom is 0.222 e. The number of H-pyrrole nitrogens is 2. The zero-order valence-electron chi connectivity index (χ0n) is 18.3. The number of aromatic amines is 2. The Kier molecular flexibility index (Phi) is 4.89. The Morgan fingerprint density at radius 3 is 2.69 bits per heavy atom. The molecule has 162 valence electrons. The molecule has 5 rings (SSSR count). The fourth-order valence-corrected chi connectivity index (χ4v) is 4.04. The number of nitrogens with zero attached hydrogens (tertiary/aromatic N) is 3. The maximum atomic E-state index is 6.05. The van der Waals surface area contributed by atoms with E-state index >= 15 is 0 Å². The number of nitrogens with one attached hydrogen (secondary N) is 3. The van der Waals surface area contributed by atoms with Gasteiger partial charge >= 0.3 is 0 Å². The summed E-state index contributed by atoms with van der Waals surface area (Å²) in [5.41, 5.74) is 13.1. The molecule has 8 heteroatoms. The van der Waals surface area contributed by atoms with E-state index in [1.165, 1.54) is 5.56 Å². The van der Waals surface area contributed by atoms with E-state index in [2.05, 4.69) is 36.3 Å². The summed E-state index contributed by atoms with van der Waals surface area (Å²) in [6.45, 7) is 3.96. The van der Waals surface area contributed by atoms with Crippen LogP contribution in [0.3, 0.4) is 0 Å². The van der Waals surface area contributed by atoms with Crippen LogP contribution >= 0.6 is 0 Å². The number of methoxy groups -OCH3 is 1. The van der Waals surface area contributed by atoms with Gasteiger partial charge in [0, 0.05) is 28.4 Å². The zero-order valence-corrected chi connectivity index (χ0v) is 18.3. The average Bonchev–Trinajstić information content (AvgIpc) is 3.36. The number of hydrogen-bond donors (Lipinski definition) is 4. The number of nitrogens with two attached hydrogens (primary N) is 1. The first kappa shape index (κ1) is 19.9. The van der Waals surface area contributed by atoms with E-state index < -0.39 is 0 Å². The number of aryl methyl sites for hydroxylation is 3. The average molecular weight is 428 g/mol. The standard InChI is InChI=1S/C24H25N7O/c1-13-19(7-4-15-12-26-20-9-6-17(32-3)11-18(15)20)30-24(25)31-23(13)29-16-5-8-21-22(10-16)28-14(2)27-21/h5-6,8-12,26H,4,7H2,1-3H3,(H,27,28)(H3,25,29,30,31). The Bertz CT molecular complexity index is 1430. The Morgan fingerprint density at radius 1 is 1.00 bits per heavy atom. The molecule has 0 aliphatic rings. The minimum Gasteiger partial charge on any atom is -0.497 e. The van der Waals surface area contributed by atoms with Crippen LogP contribution in [0, 0.1) is 13.8 Å². The Labute approximate surface area is 185 Å². The lowest BCUT2D eigenvalue weighted by Gasteiger charge is -2.13. The smallest absolute Gasteiger partial charge is 0.222 e. The summed E-state index contributed by atoms with van der Waals surface area (Å²) < 4.78 is 5.38. The minimum absolute atomic E-state index is 0.255. The van der Waals surface area contributed by atoms with Gasteiger partial charge in [-0.25, -0.2) is 9.97 Å². The number of fused-ring (bicyclic) bond motifs is 2. The summed E-state index contributed by atoms with van der Waals surface area (Å²) in [5, 5.41) is 4.54. The molecule has 0 saturated heterocycles. The quantitative estimate of drug-likeness (QED) is 0.315. The Hall–Kier alpha value is -4.07. The van der Waals surface area contributed by atoms with Crippen molar-refractivity contribution in [3.63, 3.8) is 0 Å². The largest absolute Gasteiger partial charge is 0.497 e. The molecule has 0 fully saturated rings. The molecular formula is C24H25N7O. The highest BCUT2D eigenvalue weighted by molar-refractivity contribution is 5.84. The Morgan fingerprint density at radius 2 is 1.84 bits per heavy atom. The van der Waals surface area contributed by atoms with E-state index in [1.54, 1.807) is 7.11 Å². The molecule has 0 saturated carbocycles. The van der Waals surface area contributed by atoms with Gasteiger partial charge in [-0.05, 0) is 68.7 Å². The monoisotopic (exact) mass is 427 g/mol. The molecule has 2 aromatic carbocycles. The summed E-state index contributed by atoms with van der Waals surface area (Å²) in [7, 11) is 1.68. The zero-order chi connectivity index (χ0) is 22.2. The number of nitrogen functional groups attached to an aromatic ring is 1. The maximum absolute atomic E-state index is 6.05. The number of benzene rings is 2. The molecule has 32 heavy (non-hydrogen) atoms. The second-order valence-electron chi connectivity index (χ2n) is 7.91. The van der Waals surface area contributed by atoms with E-state index in [0.29, 0.717) is 5.82 Å². The summed E-state index contributed by atoms with van der Waals surface area (Å²) in [6.07, 6.45) is 3.61. The van der Waals surface area contributed by atoms with Crippen molar-refractivity contribution < 1.29 is 4.74 Å². The van der Waals surface area contributed by atoms with E-state index in [4.69, 9.17) is 10.5 Å². The van der Waals surface area contributed by atoms with Crippen LogP contribution in [0.5, 0.6) is 5.75 Å². The molecule has 8 nitrogen and oxygen atoms in total. The van der Waals surface area contributed by atoms with Gasteiger partial charge in [-0.2, -0.15) is 4.98 Å². The molecule has 0 aliphatic heterocycles. The fraction of sp³-hybridized carbons (Fsp3) is 0.208. The van der Waals surface area contributed by atoms with Crippen LogP contribution in [0.1, 0.15) is 22.6 Å². The van der Waals surface area contributed by atoms with E-state index in [0.717, 1.165) is 63.3 Å². The molecule has 0 radical (unpaired) electrons. The topological polar surface area (TPSA) is 118 Å². The molecule has 0 spiro atoms. The first-order valence-corrected chi connectivity index (χ1v) is 10.5. The van der Waals surface area contributed by atoms with Crippen LogP contribution in [0.25, 0.3) is 21.9 Å². The molecule has 0 atom stereocenters. The van der Waals surface area contributed by atoms with Gasteiger partial charge in [0.05, 0.1) is 23.8 Å². The normalized spacial score (nSPS) is 11.3. The van der Waals surface area contributed by atoms with Crippen LogP contribution < -0.4 is 15.8 Å². The second-order valence-corrected chi connectivity index (χ2v) is 7.91. The van der Waals surface area contributed by atoms with Gasteiger partial charge in [-0.15, -0.1) is 0 Å².